The molecule has 160 valence electrons. The quantitative estimate of drug-likeness (QED) is 0.635. The summed E-state index contributed by atoms with van der Waals surface area (Å²) < 4.78 is 41.0. The summed E-state index contributed by atoms with van der Waals surface area (Å²) in [5.41, 5.74) is 1.01. The van der Waals surface area contributed by atoms with Gasteiger partial charge in [-0.05, 0) is 30.7 Å². The van der Waals surface area contributed by atoms with Crippen molar-refractivity contribution in [1.29, 1.82) is 0 Å². The number of rotatable bonds is 8. The fourth-order valence-corrected chi connectivity index (χ4v) is 3.96. The molecule has 1 aliphatic heterocycles. The van der Waals surface area contributed by atoms with Crippen molar-refractivity contribution in [2.45, 2.75) is 12.8 Å². The van der Waals surface area contributed by atoms with Gasteiger partial charge in [0, 0.05) is 19.0 Å². The van der Waals surface area contributed by atoms with Crippen LogP contribution in [0.5, 0.6) is 11.5 Å². The van der Waals surface area contributed by atoms with Gasteiger partial charge in [0.05, 0.1) is 30.3 Å². The number of para-hydroxylation sites is 1. The van der Waals surface area contributed by atoms with Crippen molar-refractivity contribution in [3.8, 4) is 11.5 Å². The summed E-state index contributed by atoms with van der Waals surface area (Å²) in [6.07, 6.45) is 1.43. The van der Waals surface area contributed by atoms with E-state index in [9.17, 15) is 18.0 Å². The van der Waals surface area contributed by atoms with Crippen LogP contribution in [0.1, 0.15) is 23.2 Å². The molecule has 2 aromatic carbocycles. The van der Waals surface area contributed by atoms with E-state index in [4.69, 9.17) is 14.2 Å². The number of sulfonamides is 1. The van der Waals surface area contributed by atoms with Gasteiger partial charge in [-0.25, -0.2) is 13.2 Å². The van der Waals surface area contributed by atoms with Gasteiger partial charge in [-0.2, -0.15) is 0 Å². The van der Waals surface area contributed by atoms with Gasteiger partial charge >= 0.3 is 5.97 Å². The Labute approximate surface area is 174 Å². The fourth-order valence-electron chi connectivity index (χ4n) is 3.00. The minimum absolute atomic E-state index is 0.0616. The lowest BCUT2D eigenvalue weighted by Crippen LogP contribution is -2.31. The average Bonchev–Trinajstić information content (AvgIpc) is 3.18. The third-order valence-electron chi connectivity index (χ3n) is 4.42. The van der Waals surface area contributed by atoms with Crippen molar-refractivity contribution >= 4 is 33.3 Å². The number of fused-ring (bicyclic) bond motifs is 1. The van der Waals surface area contributed by atoms with E-state index in [1.54, 1.807) is 42.5 Å². The number of nitrogens with zero attached hydrogens (tertiary/aromatic N) is 1. The third kappa shape index (κ3) is 5.01. The number of anilines is 2. The second-order valence-corrected chi connectivity index (χ2v) is 8.47. The topological polar surface area (TPSA) is 111 Å². The molecule has 1 N–H and O–H groups in total. The predicted octanol–water partition coefficient (Wildman–Crippen LogP) is 2.39. The van der Waals surface area contributed by atoms with E-state index >= 15 is 0 Å². The zero-order valence-electron chi connectivity index (χ0n) is 16.6. The van der Waals surface area contributed by atoms with Crippen molar-refractivity contribution in [3.63, 3.8) is 0 Å². The number of hydrogen-bond donors (Lipinski definition) is 1. The molecule has 0 atom stereocenters. The fraction of sp³-hybridized carbons (Fsp3) is 0.300. The maximum atomic E-state index is 12.3. The standard InChI is InChI=1S/C20H22N2O7S/c1-27-20(24)15-6-3-4-7-16(15)21-19(23)8-5-11-22(30(2,25)26)14-9-10-17-18(12-14)29-13-28-17/h3-4,6-7,9-10,12H,5,8,11,13H2,1-2H3,(H,21,23). The summed E-state index contributed by atoms with van der Waals surface area (Å²) in [5.74, 6) is 0.122. The zero-order valence-corrected chi connectivity index (χ0v) is 17.4. The van der Waals surface area contributed by atoms with Gasteiger partial charge in [0.15, 0.2) is 11.5 Å². The number of amides is 1. The van der Waals surface area contributed by atoms with E-state index in [1.807, 2.05) is 0 Å². The molecule has 10 heteroatoms. The number of benzene rings is 2. The molecule has 30 heavy (non-hydrogen) atoms. The normalized spacial score (nSPS) is 12.3. The van der Waals surface area contributed by atoms with E-state index < -0.39 is 16.0 Å². The first kappa shape index (κ1) is 21.4. The molecular formula is C20H22N2O7S. The highest BCUT2D eigenvalue weighted by Crippen LogP contribution is 2.36. The zero-order chi connectivity index (χ0) is 21.7. The van der Waals surface area contributed by atoms with Crippen LogP contribution in [0.25, 0.3) is 0 Å². The summed E-state index contributed by atoms with van der Waals surface area (Å²) >= 11 is 0. The van der Waals surface area contributed by atoms with Crippen LogP contribution in [0.15, 0.2) is 42.5 Å². The van der Waals surface area contributed by atoms with Crippen LogP contribution in [0.3, 0.4) is 0 Å². The number of hydrogen-bond acceptors (Lipinski definition) is 7. The maximum absolute atomic E-state index is 12.3. The molecule has 0 saturated carbocycles. The predicted molar refractivity (Wildman–Crippen MR) is 110 cm³/mol. The van der Waals surface area contributed by atoms with Crippen molar-refractivity contribution in [1.82, 2.24) is 0 Å². The van der Waals surface area contributed by atoms with Gasteiger partial charge in [0.2, 0.25) is 22.7 Å². The summed E-state index contributed by atoms with van der Waals surface area (Å²) in [5, 5.41) is 2.67. The third-order valence-corrected chi connectivity index (χ3v) is 5.61. The number of carbonyl (C=O) groups excluding carboxylic acids is 2. The van der Waals surface area contributed by atoms with Crippen LogP contribution >= 0.6 is 0 Å². The molecule has 1 heterocycles. The van der Waals surface area contributed by atoms with E-state index in [0.717, 1.165) is 6.26 Å². The minimum atomic E-state index is -3.57. The van der Waals surface area contributed by atoms with Crippen LogP contribution in [0.2, 0.25) is 0 Å². The van der Waals surface area contributed by atoms with Gasteiger partial charge in [0.1, 0.15) is 0 Å². The molecule has 1 amide bonds. The lowest BCUT2D eigenvalue weighted by Gasteiger charge is -2.22. The summed E-state index contributed by atoms with van der Waals surface area (Å²) in [7, 11) is -2.31. The molecule has 1 aliphatic rings. The highest BCUT2D eigenvalue weighted by atomic mass is 32.2. The first-order chi connectivity index (χ1) is 14.3. The highest BCUT2D eigenvalue weighted by molar-refractivity contribution is 7.92. The Morgan fingerprint density at radius 3 is 2.60 bits per heavy atom. The van der Waals surface area contributed by atoms with Crippen LogP contribution in [-0.2, 0) is 19.6 Å². The Hall–Kier alpha value is -3.27. The smallest absolute Gasteiger partial charge is 0.339 e. The van der Waals surface area contributed by atoms with Gasteiger partial charge < -0.3 is 19.5 Å². The van der Waals surface area contributed by atoms with E-state index in [-0.39, 0.29) is 37.6 Å². The Kier molecular flexibility index (Phi) is 6.46. The second kappa shape index (κ2) is 9.04. The molecule has 0 fully saturated rings. The van der Waals surface area contributed by atoms with E-state index in [0.29, 0.717) is 22.9 Å². The van der Waals surface area contributed by atoms with Crippen molar-refractivity contribution in [2.75, 3.05) is 36.3 Å². The lowest BCUT2D eigenvalue weighted by molar-refractivity contribution is -0.116. The second-order valence-electron chi connectivity index (χ2n) is 6.56. The van der Waals surface area contributed by atoms with Crippen LogP contribution in [0.4, 0.5) is 11.4 Å². The number of nitrogens with one attached hydrogen (secondary N) is 1. The van der Waals surface area contributed by atoms with Crippen LogP contribution in [0, 0.1) is 0 Å². The van der Waals surface area contributed by atoms with Crippen LogP contribution in [-0.4, -0.2) is 47.0 Å². The molecule has 0 aliphatic carbocycles. The summed E-state index contributed by atoms with van der Waals surface area (Å²) in [4.78, 5) is 24.1. The van der Waals surface area contributed by atoms with Gasteiger partial charge in [-0.15, -0.1) is 0 Å². The first-order valence-electron chi connectivity index (χ1n) is 9.14. The number of methoxy groups -OCH3 is 1. The van der Waals surface area contributed by atoms with Gasteiger partial charge in [0.25, 0.3) is 0 Å². The molecule has 0 radical (unpaired) electrons. The average molecular weight is 434 g/mol. The lowest BCUT2D eigenvalue weighted by atomic mass is 10.1. The van der Waals surface area contributed by atoms with Gasteiger partial charge in [-0.3, -0.25) is 9.10 Å². The molecule has 0 aromatic heterocycles. The molecule has 9 nitrogen and oxygen atoms in total. The number of carbonyl (C=O) groups is 2. The molecule has 0 bridgehead atoms. The van der Waals surface area contributed by atoms with Crippen LogP contribution < -0.4 is 19.1 Å². The summed E-state index contributed by atoms with van der Waals surface area (Å²) in [6.45, 7) is 0.190. The van der Waals surface area contributed by atoms with Crippen molar-refractivity contribution in [3.05, 3.63) is 48.0 Å². The Morgan fingerprint density at radius 1 is 1.13 bits per heavy atom. The van der Waals surface area contributed by atoms with Gasteiger partial charge in [-0.1, -0.05) is 12.1 Å². The minimum Gasteiger partial charge on any atom is -0.465 e. The Bertz CT molecular complexity index is 1050. The molecule has 0 unspecified atom stereocenters. The maximum Gasteiger partial charge on any atom is 0.339 e. The molecule has 3 rings (SSSR count). The first-order valence-corrected chi connectivity index (χ1v) is 11.0. The molecule has 0 spiro atoms. The van der Waals surface area contributed by atoms with E-state index in [1.165, 1.54) is 11.4 Å². The molecule has 2 aromatic rings. The number of ether oxygens (including phenoxy) is 3. The van der Waals surface area contributed by atoms with Crippen molar-refractivity contribution in [2.24, 2.45) is 0 Å². The Balaban J connectivity index is 1.64. The molecule has 0 saturated heterocycles. The SMILES string of the molecule is COC(=O)c1ccccc1NC(=O)CCCN(c1ccc2c(c1)OCO2)S(C)(=O)=O. The summed E-state index contributed by atoms with van der Waals surface area (Å²) in [6, 6.07) is 11.4. The Morgan fingerprint density at radius 2 is 1.87 bits per heavy atom. The van der Waals surface area contributed by atoms with Crippen molar-refractivity contribution < 1.29 is 32.2 Å². The highest BCUT2D eigenvalue weighted by Gasteiger charge is 2.22. The molecular weight excluding hydrogens is 412 g/mol. The largest absolute Gasteiger partial charge is 0.465 e. The monoisotopic (exact) mass is 434 g/mol. The number of esters is 1. The van der Waals surface area contributed by atoms with E-state index in [2.05, 4.69) is 5.32 Å².